The van der Waals surface area contributed by atoms with Crippen LogP contribution in [0.4, 0.5) is 5.69 Å². The van der Waals surface area contributed by atoms with Gasteiger partial charge in [-0.05, 0) is 68.7 Å². The van der Waals surface area contributed by atoms with Gasteiger partial charge in [-0.2, -0.15) is 0 Å². The maximum Gasteiger partial charge on any atom is 0.269 e. The molecule has 174 valence electrons. The molecule has 0 bridgehead atoms. The van der Waals surface area contributed by atoms with Crippen molar-refractivity contribution in [2.45, 2.75) is 39.3 Å². The zero-order valence-electron chi connectivity index (χ0n) is 19.5. The van der Waals surface area contributed by atoms with Gasteiger partial charge in [0.05, 0.1) is 19.1 Å². The van der Waals surface area contributed by atoms with E-state index in [1.54, 1.807) is 18.3 Å². The number of nitrogens with zero attached hydrogens (tertiary/aromatic N) is 2. The van der Waals surface area contributed by atoms with E-state index in [4.69, 9.17) is 9.47 Å². The fourth-order valence-corrected chi connectivity index (χ4v) is 3.72. The molecule has 0 fully saturated rings. The second kappa shape index (κ2) is 8.93. The number of fused-ring (bicyclic) bond motifs is 1. The Morgan fingerprint density at radius 3 is 2.15 bits per heavy atom. The minimum Gasteiger partial charge on any atom is -0.493 e. The Balaban J connectivity index is 2.14. The number of nitrogens with one attached hydrogen (secondary N) is 1. The van der Waals surface area contributed by atoms with Crippen LogP contribution < -0.4 is 14.8 Å². The molecule has 2 aromatic rings. The molecule has 9 nitrogen and oxygen atoms in total. The maximum absolute atomic E-state index is 13.5. The summed E-state index contributed by atoms with van der Waals surface area (Å²) in [5.74, 6) is 0.116. The van der Waals surface area contributed by atoms with Crippen LogP contribution in [0, 0.1) is 10.1 Å². The van der Waals surface area contributed by atoms with Crippen LogP contribution in [0.2, 0.25) is 0 Å². The highest BCUT2D eigenvalue weighted by Gasteiger charge is 2.38. The van der Waals surface area contributed by atoms with Crippen LogP contribution in [0.5, 0.6) is 11.5 Å². The van der Waals surface area contributed by atoms with Crippen LogP contribution in [0.1, 0.15) is 55.2 Å². The van der Waals surface area contributed by atoms with E-state index >= 15 is 0 Å². The van der Waals surface area contributed by atoms with Gasteiger partial charge in [0.25, 0.3) is 11.6 Å². The third-order valence-electron chi connectivity index (χ3n) is 5.19. The first-order valence-corrected chi connectivity index (χ1v) is 10.3. The number of nitro benzene ring substituents is 1. The molecule has 1 unspecified atom stereocenters. The fourth-order valence-electron chi connectivity index (χ4n) is 3.72. The third-order valence-corrected chi connectivity index (χ3v) is 5.19. The Morgan fingerprint density at radius 1 is 1.06 bits per heavy atom. The first kappa shape index (κ1) is 23.8. The van der Waals surface area contributed by atoms with Crippen molar-refractivity contribution in [2.24, 2.45) is 0 Å². The molecule has 0 spiro atoms. The van der Waals surface area contributed by atoms with Crippen molar-refractivity contribution in [3.05, 3.63) is 69.4 Å². The number of hydrogen-bond donors (Lipinski definition) is 1. The zero-order chi connectivity index (χ0) is 24.5. The number of methoxy groups -OCH3 is 2. The third kappa shape index (κ3) is 4.82. The number of carbonyl (C=O) groups is 2. The Hall–Kier alpha value is -3.88. The number of non-ortho nitro benzene ring substituents is 1. The number of hydrogen-bond acceptors (Lipinski definition) is 6. The van der Waals surface area contributed by atoms with Crippen LogP contribution in [0.15, 0.2) is 42.6 Å². The number of nitro groups is 1. The molecule has 0 radical (unpaired) electrons. The van der Waals surface area contributed by atoms with E-state index in [0.717, 1.165) is 11.1 Å². The van der Waals surface area contributed by atoms with Crippen LogP contribution >= 0.6 is 0 Å². The van der Waals surface area contributed by atoms with Crippen molar-refractivity contribution in [3.8, 4) is 11.5 Å². The van der Waals surface area contributed by atoms with E-state index in [-0.39, 0.29) is 17.2 Å². The SMILES string of the molecule is COc1cc2c(cc1OC)C(C(=O)NC(C)(C)C)N(C(=O)c1ccc([N+](=O)[O-])cc1)C=C2C. The Kier molecular flexibility index (Phi) is 6.44. The van der Waals surface area contributed by atoms with Crippen molar-refractivity contribution in [1.82, 2.24) is 10.2 Å². The molecule has 9 heteroatoms. The van der Waals surface area contributed by atoms with Crippen molar-refractivity contribution in [1.29, 1.82) is 0 Å². The van der Waals surface area contributed by atoms with Gasteiger partial charge in [0.2, 0.25) is 5.91 Å². The second-order valence-corrected chi connectivity index (χ2v) is 8.76. The molecule has 0 aromatic heterocycles. The molecular formula is C24H27N3O6. The summed E-state index contributed by atoms with van der Waals surface area (Å²) < 4.78 is 10.9. The molecule has 3 rings (SSSR count). The van der Waals surface area contributed by atoms with E-state index in [1.165, 1.54) is 43.4 Å². The van der Waals surface area contributed by atoms with Gasteiger partial charge < -0.3 is 14.8 Å². The van der Waals surface area contributed by atoms with Crippen LogP contribution in [-0.4, -0.2) is 41.4 Å². The molecular weight excluding hydrogens is 426 g/mol. The molecule has 2 aromatic carbocycles. The van der Waals surface area contributed by atoms with Gasteiger partial charge in [0.1, 0.15) is 6.04 Å². The molecule has 1 aliphatic heterocycles. The first-order chi connectivity index (χ1) is 15.5. The predicted octanol–water partition coefficient (Wildman–Crippen LogP) is 4.08. The molecule has 0 aliphatic carbocycles. The molecule has 2 amide bonds. The smallest absolute Gasteiger partial charge is 0.269 e. The molecule has 0 saturated heterocycles. The fraction of sp³-hybridized carbons (Fsp3) is 0.333. The monoisotopic (exact) mass is 453 g/mol. The number of carbonyl (C=O) groups excluding carboxylic acids is 2. The summed E-state index contributed by atoms with van der Waals surface area (Å²) in [4.78, 5) is 38.7. The van der Waals surface area contributed by atoms with E-state index in [0.29, 0.717) is 17.1 Å². The molecule has 1 aliphatic rings. The normalized spacial score (nSPS) is 15.3. The van der Waals surface area contributed by atoms with Crippen molar-refractivity contribution in [3.63, 3.8) is 0 Å². The average molecular weight is 453 g/mol. The number of rotatable bonds is 5. The highest BCUT2D eigenvalue weighted by molar-refractivity contribution is 6.01. The highest BCUT2D eigenvalue weighted by Crippen LogP contribution is 2.42. The molecule has 1 N–H and O–H groups in total. The van der Waals surface area contributed by atoms with Gasteiger partial charge in [-0.3, -0.25) is 24.6 Å². The Bertz CT molecular complexity index is 1130. The summed E-state index contributed by atoms with van der Waals surface area (Å²) in [7, 11) is 3.03. The van der Waals surface area contributed by atoms with E-state index in [9.17, 15) is 19.7 Å². The summed E-state index contributed by atoms with van der Waals surface area (Å²) in [5.41, 5.74) is 1.66. The van der Waals surface area contributed by atoms with E-state index in [1.807, 2.05) is 27.7 Å². The minimum atomic E-state index is -0.981. The quantitative estimate of drug-likeness (QED) is 0.539. The lowest BCUT2D eigenvalue weighted by Crippen LogP contribution is -2.49. The van der Waals surface area contributed by atoms with Crippen molar-refractivity contribution in [2.75, 3.05) is 14.2 Å². The number of ether oxygens (including phenoxy) is 2. The first-order valence-electron chi connectivity index (χ1n) is 10.3. The molecule has 1 heterocycles. The van der Waals surface area contributed by atoms with Gasteiger partial charge in [-0.1, -0.05) is 0 Å². The van der Waals surface area contributed by atoms with Gasteiger partial charge >= 0.3 is 0 Å². The maximum atomic E-state index is 13.5. The molecule has 33 heavy (non-hydrogen) atoms. The largest absolute Gasteiger partial charge is 0.493 e. The highest BCUT2D eigenvalue weighted by atomic mass is 16.6. The number of allylic oxidation sites excluding steroid dienone is 1. The van der Waals surface area contributed by atoms with E-state index < -0.39 is 22.4 Å². The Morgan fingerprint density at radius 2 is 1.64 bits per heavy atom. The van der Waals surface area contributed by atoms with Crippen molar-refractivity contribution >= 4 is 23.1 Å². The Labute approximate surface area is 192 Å². The lowest BCUT2D eigenvalue weighted by molar-refractivity contribution is -0.384. The topological polar surface area (TPSA) is 111 Å². The van der Waals surface area contributed by atoms with Gasteiger partial charge in [-0.25, -0.2) is 0 Å². The second-order valence-electron chi connectivity index (χ2n) is 8.76. The summed E-state index contributed by atoms with van der Waals surface area (Å²) in [6, 6.07) is 7.79. The summed E-state index contributed by atoms with van der Waals surface area (Å²) in [6.07, 6.45) is 1.62. The van der Waals surface area contributed by atoms with Gasteiger partial charge in [0.15, 0.2) is 11.5 Å². The summed E-state index contributed by atoms with van der Waals surface area (Å²) in [6.45, 7) is 7.39. The zero-order valence-corrected chi connectivity index (χ0v) is 19.5. The summed E-state index contributed by atoms with van der Waals surface area (Å²) >= 11 is 0. The van der Waals surface area contributed by atoms with E-state index in [2.05, 4.69) is 5.32 Å². The summed E-state index contributed by atoms with van der Waals surface area (Å²) in [5, 5.41) is 13.9. The number of benzene rings is 2. The molecule has 1 atom stereocenters. The van der Waals surface area contributed by atoms with Crippen molar-refractivity contribution < 1.29 is 24.0 Å². The van der Waals surface area contributed by atoms with Crippen LogP contribution in [-0.2, 0) is 4.79 Å². The molecule has 0 saturated carbocycles. The predicted molar refractivity (Wildman–Crippen MR) is 123 cm³/mol. The lowest BCUT2D eigenvalue weighted by Gasteiger charge is -2.36. The lowest BCUT2D eigenvalue weighted by atomic mass is 9.89. The number of amides is 2. The average Bonchev–Trinajstić information content (AvgIpc) is 2.76. The van der Waals surface area contributed by atoms with Crippen LogP contribution in [0.25, 0.3) is 5.57 Å². The van der Waals surface area contributed by atoms with Crippen LogP contribution in [0.3, 0.4) is 0 Å². The standard InChI is InChI=1S/C24H27N3O6/c1-14-13-26(23(29)15-7-9-16(10-8-15)27(30)31)21(22(28)25-24(2,3)4)18-12-20(33-6)19(32-5)11-17(14)18/h7-13,21H,1-6H3,(H,25,28). The minimum absolute atomic E-state index is 0.124. The van der Waals surface area contributed by atoms with Gasteiger partial charge in [-0.15, -0.1) is 0 Å². The van der Waals surface area contributed by atoms with Gasteiger partial charge in [0, 0.05) is 29.4 Å².